The fraction of sp³-hybridized carbons (Fsp3) is 0.435. The Morgan fingerprint density at radius 2 is 1.90 bits per heavy atom. The molecule has 0 saturated carbocycles. The Morgan fingerprint density at radius 3 is 2.55 bits per heavy atom. The van der Waals surface area contributed by atoms with Crippen molar-refractivity contribution < 1.29 is 9.53 Å². The summed E-state index contributed by atoms with van der Waals surface area (Å²) >= 11 is 1.66. The minimum Gasteiger partial charge on any atom is -0.458 e. The van der Waals surface area contributed by atoms with E-state index in [1.807, 2.05) is 49.7 Å². The van der Waals surface area contributed by atoms with E-state index < -0.39 is 5.97 Å². The Kier molecular flexibility index (Phi) is 6.08. The zero-order valence-electron chi connectivity index (χ0n) is 17.6. The molecule has 2 atom stereocenters. The first-order chi connectivity index (χ1) is 14.5. The SMILES string of the molecule is CC(C)n1c(=O)c(C(=O)OC2CC3CCC(C2)N3c2nccs2)cc2ccccc21.Cl. The van der Waals surface area contributed by atoms with Crippen LogP contribution >= 0.6 is 23.7 Å². The van der Waals surface area contributed by atoms with Gasteiger partial charge in [0.1, 0.15) is 11.7 Å². The third-order valence-corrected chi connectivity index (χ3v) is 7.07. The highest BCUT2D eigenvalue weighted by Gasteiger charge is 2.43. The zero-order chi connectivity index (χ0) is 20.8. The first-order valence-corrected chi connectivity index (χ1v) is 11.4. The van der Waals surface area contributed by atoms with Crippen LogP contribution in [0.25, 0.3) is 10.9 Å². The van der Waals surface area contributed by atoms with Crippen LogP contribution in [0.1, 0.15) is 55.9 Å². The molecule has 1 aromatic carbocycles. The molecule has 164 valence electrons. The van der Waals surface area contributed by atoms with Crippen molar-refractivity contribution in [2.45, 2.75) is 63.8 Å². The highest BCUT2D eigenvalue weighted by molar-refractivity contribution is 7.13. The highest BCUT2D eigenvalue weighted by atomic mass is 35.5. The lowest BCUT2D eigenvalue weighted by Gasteiger charge is -2.38. The number of hydrogen-bond acceptors (Lipinski definition) is 6. The van der Waals surface area contributed by atoms with Crippen molar-refractivity contribution in [2.75, 3.05) is 4.90 Å². The van der Waals surface area contributed by atoms with E-state index in [9.17, 15) is 9.59 Å². The largest absolute Gasteiger partial charge is 0.458 e. The second kappa shape index (κ2) is 8.63. The Bertz CT molecular complexity index is 1130. The minimum atomic E-state index is -0.507. The number of hydrogen-bond donors (Lipinski definition) is 0. The van der Waals surface area contributed by atoms with Crippen LogP contribution in [0.2, 0.25) is 0 Å². The van der Waals surface area contributed by atoms with E-state index >= 15 is 0 Å². The maximum absolute atomic E-state index is 13.1. The number of carbonyl (C=O) groups excluding carboxylic acids is 1. The number of pyridine rings is 1. The number of anilines is 1. The summed E-state index contributed by atoms with van der Waals surface area (Å²) in [4.78, 5) is 33.0. The second-order valence-electron chi connectivity index (χ2n) is 8.49. The van der Waals surface area contributed by atoms with Crippen LogP contribution < -0.4 is 10.5 Å². The number of aromatic nitrogens is 2. The number of benzene rings is 1. The minimum absolute atomic E-state index is 0. The number of esters is 1. The average Bonchev–Trinajstić information content (AvgIpc) is 3.33. The van der Waals surface area contributed by atoms with Crippen LogP contribution in [0.5, 0.6) is 0 Å². The van der Waals surface area contributed by atoms with E-state index in [0.717, 1.165) is 41.7 Å². The van der Waals surface area contributed by atoms with Crippen LogP contribution in [0, 0.1) is 0 Å². The van der Waals surface area contributed by atoms with E-state index in [2.05, 4.69) is 9.88 Å². The van der Waals surface area contributed by atoms with Crippen LogP contribution in [-0.2, 0) is 4.74 Å². The molecule has 2 bridgehead atoms. The first kappa shape index (κ1) is 21.8. The second-order valence-corrected chi connectivity index (χ2v) is 9.36. The van der Waals surface area contributed by atoms with Crippen molar-refractivity contribution in [1.82, 2.24) is 9.55 Å². The quantitative estimate of drug-likeness (QED) is 0.523. The van der Waals surface area contributed by atoms with Gasteiger partial charge in [-0.25, -0.2) is 9.78 Å². The number of para-hydroxylation sites is 1. The highest BCUT2D eigenvalue weighted by Crippen LogP contribution is 2.41. The lowest BCUT2D eigenvalue weighted by atomic mass is 10.00. The molecule has 0 amide bonds. The molecule has 2 aliphatic rings. The summed E-state index contributed by atoms with van der Waals surface area (Å²) in [5, 5.41) is 3.93. The molecule has 4 heterocycles. The van der Waals surface area contributed by atoms with E-state index in [0.29, 0.717) is 12.1 Å². The molecule has 2 saturated heterocycles. The molecule has 2 fully saturated rings. The molecular formula is C23H26ClN3O3S. The van der Waals surface area contributed by atoms with Crippen LogP contribution in [0.3, 0.4) is 0 Å². The maximum atomic E-state index is 13.1. The van der Waals surface area contributed by atoms with E-state index in [4.69, 9.17) is 4.74 Å². The number of thiazole rings is 1. The molecule has 2 aliphatic heterocycles. The summed E-state index contributed by atoms with van der Waals surface area (Å²) in [5.74, 6) is -0.507. The van der Waals surface area contributed by atoms with Gasteiger partial charge in [-0.2, -0.15) is 0 Å². The lowest BCUT2D eigenvalue weighted by Crippen LogP contribution is -2.46. The lowest BCUT2D eigenvalue weighted by molar-refractivity contribution is 0.0201. The molecule has 0 aliphatic carbocycles. The Labute approximate surface area is 191 Å². The molecule has 0 spiro atoms. The number of carbonyl (C=O) groups is 1. The van der Waals surface area contributed by atoms with Crippen molar-refractivity contribution in [3.05, 3.63) is 57.8 Å². The third-order valence-electron chi connectivity index (χ3n) is 6.29. The molecule has 0 radical (unpaired) electrons. The van der Waals surface area contributed by atoms with Crippen molar-refractivity contribution in [3.8, 4) is 0 Å². The zero-order valence-corrected chi connectivity index (χ0v) is 19.2. The molecular weight excluding hydrogens is 434 g/mol. The maximum Gasteiger partial charge on any atom is 0.344 e. The number of rotatable bonds is 4. The van der Waals surface area contributed by atoms with Crippen molar-refractivity contribution in [3.63, 3.8) is 0 Å². The number of piperidine rings is 1. The van der Waals surface area contributed by atoms with Crippen molar-refractivity contribution in [2.24, 2.45) is 0 Å². The molecule has 6 nitrogen and oxygen atoms in total. The predicted octanol–water partition coefficient (Wildman–Crippen LogP) is 4.82. The van der Waals surface area contributed by atoms with Gasteiger partial charge in [0.15, 0.2) is 5.13 Å². The van der Waals surface area contributed by atoms with E-state index in [1.54, 1.807) is 22.0 Å². The molecule has 2 aromatic heterocycles. The summed E-state index contributed by atoms with van der Waals surface area (Å²) in [6.45, 7) is 3.91. The van der Waals surface area contributed by atoms with Crippen molar-refractivity contribution >= 4 is 45.7 Å². The summed E-state index contributed by atoms with van der Waals surface area (Å²) in [5.41, 5.74) is 0.679. The van der Waals surface area contributed by atoms with Gasteiger partial charge < -0.3 is 14.2 Å². The van der Waals surface area contributed by atoms with E-state index in [-0.39, 0.29) is 35.7 Å². The average molecular weight is 460 g/mol. The molecule has 8 heteroatoms. The summed E-state index contributed by atoms with van der Waals surface area (Å²) in [6.07, 6.45) is 5.43. The fourth-order valence-electron chi connectivity index (χ4n) is 5.04. The molecule has 5 rings (SSSR count). The fourth-order valence-corrected chi connectivity index (χ4v) is 5.82. The number of ether oxygens (including phenoxy) is 1. The van der Waals surface area contributed by atoms with Gasteiger partial charge in [-0.15, -0.1) is 23.7 Å². The van der Waals surface area contributed by atoms with Crippen molar-refractivity contribution in [1.29, 1.82) is 0 Å². The summed E-state index contributed by atoms with van der Waals surface area (Å²) in [7, 11) is 0. The first-order valence-electron chi connectivity index (χ1n) is 10.6. The normalized spacial score (nSPS) is 22.5. The molecule has 31 heavy (non-hydrogen) atoms. The Morgan fingerprint density at radius 1 is 1.19 bits per heavy atom. The monoisotopic (exact) mass is 459 g/mol. The Hall–Kier alpha value is -2.38. The van der Waals surface area contributed by atoms with Crippen LogP contribution in [-0.4, -0.2) is 33.7 Å². The summed E-state index contributed by atoms with van der Waals surface area (Å²) < 4.78 is 7.57. The van der Waals surface area contributed by atoms with Gasteiger partial charge in [0, 0.05) is 42.5 Å². The predicted molar refractivity (Wildman–Crippen MR) is 126 cm³/mol. The molecule has 3 aromatic rings. The van der Waals surface area contributed by atoms with Gasteiger partial charge in [-0.05, 0) is 44.2 Å². The number of halogens is 1. The standard InChI is InChI=1S/C23H25N3O3S.ClH/c1-14(2)25-20-6-4-3-5-15(20)11-19(21(25)27)22(28)29-18-12-16-7-8-17(13-18)26(16)23-24-9-10-30-23;/h3-6,9-11,14,16-18H,7-8,12-13H2,1-2H3;1H. The van der Waals surface area contributed by atoms with Gasteiger partial charge in [-0.1, -0.05) is 18.2 Å². The van der Waals surface area contributed by atoms with E-state index in [1.165, 1.54) is 0 Å². The molecule has 0 N–H and O–H groups in total. The number of nitrogens with zero attached hydrogens (tertiary/aromatic N) is 3. The topological polar surface area (TPSA) is 64.4 Å². The Balaban J connectivity index is 0.00000231. The number of fused-ring (bicyclic) bond motifs is 3. The smallest absolute Gasteiger partial charge is 0.344 e. The molecule has 2 unspecified atom stereocenters. The van der Waals surface area contributed by atoms with Crippen LogP contribution in [0.15, 0.2) is 46.7 Å². The van der Waals surface area contributed by atoms with Gasteiger partial charge in [0.2, 0.25) is 0 Å². The van der Waals surface area contributed by atoms with Crippen LogP contribution in [0.4, 0.5) is 5.13 Å². The van der Waals surface area contributed by atoms with Gasteiger partial charge in [0.25, 0.3) is 5.56 Å². The third kappa shape index (κ3) is 3.85. The van der Waals surface area contributed by atoms with Gasteiger partial charge >= 0.3 is 5.97 Å². The summed E-state index contributed by atoms with van der Waals surface area (Å²) in [6, 6.07) is 9.98. The van der Waals surface area contributed by atoms with Gasteiger partial charge in [0.05, 0.1) is 5.52 Å². The van der Waals surface area contributed by atoms with Gasteiger partial charge in [-0.3, -0.25) is 4.79 Å².